The molecule has 0 atom stereocenters. The third kappa shape index (κ3) is 3.08. The summed E-state index contributed by atoms with van der Waals surface area (Å²) in [5.74, 6) is 0.992. The molecular weight excluding hydrogens is 208 g/mol. The minimum atomic E-state index is -0.299. The van der Waals surface area contributed by atoms with E-state index in [1.807, 2.05) is 14.1 Å². The molecule has 1 rings (SSSR count). The monoisotopic (exact) mass is 224 g/mol. The van der Waals surface area contributed by atoms with Gasteiger partial charge in [0.25, 0.3) is 0 Å². The van der Waals surface area contributed by atoms with Crippen molar-refractivity contribution >= 4 is 17.7 Å². The number of methoxy groups -OCH3 is 1. The van der Waals surface area contributed by atoms with Gasteiger partial charge in [-0.3, -0.25) is 4.79 Å². The molecule has 0 radical (unpaired) electrons. The molecule has 16 heavy (non-hydrogen) atoms. The minimum Gasteiger partial charge on any atom is -0.468 e. The minimum absolute atomic E-state index is 0.167. The molecule has 0 aliphatic carbocycles. The van der Waals surface area contributed by atoms with Crippen LogP contribution in [0, 0.1) is 0 Å². The van der Waals surface area contributed by atoms with Crippen LogP contribution in [0.3, 0.4) is 0 Å². The lowest BCUT2D eigenvalue weighted by molar-refractivity contribution is -0.138. The summed E-state index contributed by atoms with van der Waals surface area (Å²) in [5.41, 5.74) is 0. The fourth-order valence-electron chi connectivity index (χ4n) is 1.11. The number of nitrogens with zero attached hydrogens (tertiary/aromatic N) is 4. The maximum atomic E-state index is 11.1. The molecule has 6 nitrogen and oxygen atoms in total. The SMILES string of the molecule is COC(=O)CN(C)c1ccnc(N(C)C)n1. The predicted molar refractivity (Wildman–Crippen MR) is 61.6 cm³/mol. The Morgan fingerprint density at radius 2 is 2.12 bits per heavy atom. The Balaban J connectivity index is 2.79. The van der Waals surface area contributed by atoms with E-state index in [9.17, 15) is 4.79 Å². The summed E-state index contributed by atoms with van der Waals surface area (Å²) in [6.07, 6.45) is 1.66. The average Bonchev–Trinajstić information content (AvgIpc) is 2.28. The molecule has 6 heteroatoms. The van der Waals surface area contributed by atoms with Crippen LogP contribution in [0.25, 0.3) is 0 Å². The van der Waals surface area contributed by atoms with Crippen molar-refractivity contribution in [3.8, 4) is 0 Å². The van der Waals surface area contributed by atoms with E-state index in [4.69, 9.17) is 0 Å². The van der Waals surface area contributed by atoms with Crippen molar-refractivity contribution in [2.45, 2.75) is 0 Å². The van der Waals surface area contributed by atoms with Gasteiger partial charge in [-0.1, -0.05) is 0 Å². The molecule has 1 aromatic heterocycles. The van der Waals surface area contributed by atoms with Crippen LogP contribution >= 0.6 is 0 Å². The third-order valence-corrected chi connectivity index (χ3v) is 2.01. The summed E-state index contributed by atoms with van der Waals surface area (Å²) in [4.78, 5) is 23.0. The Bertz CT molecular complexity index is 368. The highest BCUT2D eigenvalue weighted by Crippen LogP contribution is 2.11. The molecule has 0 bridgehead atoms. The lowest BCUT2D eigenvalue weighted by atomic mass is 10.5. The predicted octanol–water partition coefficient (Wildman–Crippen LogP) is 0.152. The third-order valence-electron chi connectivity index (χ3n) is 2.01. The van der Waals surface area contributed by atoms with Gasteiger partial charge in [0.05, 0.1) is 7.11 Å². The van der Waals surface area contributed by atoms with E-state index in [2.05, 4.69) is 14.7 Å². The van der Waals surface area contributed by atoms with E-state index >= 15 is 0 Å². The van der Waals surface area contributed by atoms with Crippen molar-refractivity contribution in [3.63, 3.8) is 0 Å². The Morgan fingerprint density at radius 3 is 2.69 bits per heavy atom. The summed E-state index contributed by atoms with van der Waals surface area (Å²) >= 11 is 0. The Labute approximate surface area is 94.9 Å². The highest BCUT2D eigenvalue weighted by atomic mass is 16.5. The summed E-state index contributed by atoms with van der Waals surface area (Å²) in [6.45, 7) is 0.167. The number of likely N-dealkylation sites (N-methyl/N-ethyl adjacent to an activating group) is 1. The van der Waals surface area contributed by atoms with E-state index in [1.165, 1.54) is 7.11 Å². The second-order valence-electron chi connectivity index (χ2n) is 3.54. The Hall–Kier alpha value is -1.85. The number of rotatable bonds is 4. The van der Waals surface area contributed by atoms with Gasteiger partial charge in [0.15, 0.2) is 0 Å². The van der Waals surface area contributed by atoms with Gasteiger partial charge in [-0.2, -0.15) is 4.98 Å². The molecule has 0 N–H and O–H groups in total. The standard InChI is InChI=1S/C10H16N4O2/c1-13(2)10-11-6-5-8(12-10)14(3)7-9(15)16-4/h5-6H,7H2,1-4H3. The summed E-state index contributed by atoms with van der Waals surface area (Å²) < 4.78 is 4.59. The molecule has 1 heterocycles. The Kier molecular flexibility index (Phi) is 4.04. The number of anilines is 2. The van der Waals surface area contributed by atoms with Gasteiger partial charge in [0.1, 0.15) is 12.4 Å². The quantitative estimate of drug-likeness (QED) is 0.679. The lowest BCUT2D eigenvalue weighted by Crippen LogP contribution is -2.27. The van der Waals surface area contributed by atoms with Gasteiger partial charge in [-0.15, -0.1) is 0 Å². The van der Waals surface area contributed by atoms with Crippen molar-refractivity contribution in [1.29, 1.82) is 0 Å². The first-order chi connectivity index (χ1) is 7.54. The van der Waals surface area contributed by atoms with Crippen LogP contribution in [0.5, 0.6) is 0 Å². The van der Waals surface area contributed by atoms with Crippen molar-refractivity contribution in [2.24, 2.45) is 0 Å². The molecule has 0 fully saturated rings. The molecule has 88 valence electrons. The smallest absolute Gasteiger partial charge is 0.325 e. The number of hydrogen-bond acceptors (Lipinski definition) is 6. The Morgan fingerprint density at radius 1 is 1.44 bits per heavy atom. The van der Waals surface area contributed by atoms with E-state index in [0.29, 0.717) is 11.8 Å². The van der Waals surface area contributed by atoms with Crippen LogP contribution in [-0.2, 0) is 9.53 Å². The molecule has 0 unspecified atom stereocenters. The maximum Gasteiger partial charge on any atom is 0.325 e. The van der Waals surface area contributed by atoms with Crippen LogP contribution in [0.1, 0.15) is 0 Å². The first kappa shape index (κ1) is 12.2. The maximum absolute atomic E-state index is 11.1. The van der Waals surface area contributed by atoms with Gasteiger partial charge in [0, 0.05) is 27.3 Å². The fraction of sp³-hybridized carbons (Fsp3) is 0.500. The zero-order chi connectivity index (χ0) is 12.1. The second-order valence-corrected chi connectivity index (χ2v) is 3.54. The van der Waals surface area contributed by atoms with Gasteiger partial charge in [0.2, 0.25) is 5.95 Å². The second kappa shape index (κ2) is 5.29. The van der Waals surface area contributed by atoms with Gasteiger partial charge < -0.3 is 14.5 Å². The van der Waals surface area contributed by atoms with Gasteiger partial charge >= 0.3 is 5.97 Å². The fourth-order valence-corrected chi connectivity index (χ4v) is 1.11. The highest BCUT2D eigenvalue weighted by Gasteiger charge is 2.09. The molecule has 1 aromatic rings. The molecule has 0 spiro atoms. The number of ether oxygens (including phenoxy) is 1. The largest absolute Gasteiger partial charge is 0.468 e. The summed E-state index contributed by atoms with van der Waals surface area (Å²) in [7, 11) is 6.86. The molecule has 0 saturated carbocycles. The van der Waals surface area contributed by atoms with Crippen molar-refractivity contribution in [3.05, 3.63) is 12.3 Å². The first-order valence-corrected chi connectivity index (χ1v) is 4.83. The van der Waals surface area contributed by atoms with E-state index < -0.39 is 0 Å². The van der Waals surface area contributed by atoms with E-state index in [-0.39, 0.29) is 12.5 Å². The number of carbonyl (C=O) groups excluding carboxylic acids is 1. The molecule has 0 aromatic carbocycles. The number of esters is 1. The van der Waals surface area contributed by atoms with Crippen LogP contribution in [0.4, 0.5) is 11.8 Å². The van der Waals surface area contributed by atoms with Crippen LogP contribution in [-0.4, -0.2) is 50.7 Å². The van der Waals surface area contributed by atoms with Gasteiger partial charge in [-0.05, 0) is 6.07 Å². The topological polar surface area (TPSA) is 58.6 Å². The van der Waals surface area contributed by atoms with Crippen LogP contribution in [0.15, 0.2) is 12.3 Å². The zero-order valence-electron chi connectivity index (χ0n) is 9.97. The molecule has 0 saturated heterocycles. The van der Waals surface area contributed by atoms with E-state index in [0.717, 1.165) is 0 Å². The number of aromatic nitrogens is 2. The molecule has 0 aliphatic rings. The normalized spacial score (nSPS) is 9.75. The summed E-state index contributed by atoms with van der Waals surface area (Å²) in [6, 6.07) is 1.75. The van der Waals surface area contributed by atoms with Crippen molar-refractivity contribution < 1.29 is 9.53 Å². The molecule has 0 aliphatic heterocycles. The van der Waals surface area contributed by atoms with Crippen molar-refractivity contribution in [1.82, 2.24) is 9.97 Å². The lowest BCUT2D eigenvalue weighted by Gasteiger charge is -2.18. The summed E-state index contributed by atoms with van der Waals surface area (Å²) in [5, 5.41) is 0. The zero-order valence-corrected chi connectivity index (χ0v) is 9.97. The van der Waals surface area contributed by atoms with E-state index in [1.54, 1.807) is 29.1 Å². The van der Waals surface area contributed by atoms with Crippen LogP contribution < -0.4 is 9.80 Å². The first-order valence-electron chi connectivity index (χ1n) is 4.83. The average molecular weight is 224 g/mol. The molecular formula is C10H16N4O2. The number of carbonyl (C=O) groups is 1. The highest BCUT2D eigenvalue weighted by molar-refractivity contribution is 5.75. The van der Waals surface area contributed by atoms with Crippen molar-refractivity contribution in [2.75, 3.05) is 44.6 Å². The van der Waals surface area contributed by atoms with Gasteiger partial charge in [-0.25, -0.2) is 4.98 Å². The number of hydrogen-bond donors (Lipinski definition) is 0. The van der Waals surface area contributed by atoms with Crippen LogP contribution in [0.2, 0.25) is 0 Å². The molecule has 0 amide bonds.